The maximum absolute atomic E-state index is 10.6. The van der Waals surface area contributed by atoms with E-state index >= 15 is 0 Å². The number of hydrogen-bond acceptors (Lipinski definition) is 3. The van der Waals surface area contributed by atoms with E-state index in [9.17, 15) is 4.79 Å². The van der Waals surface area contributed by atoms with Crippen LogP contribution in [0.15, 0.2) is 29.2 Å². The Morgan fingerprint density at radius 2 is 1.92 bits per heavy atom. The van der Waals surface area contributed by atoms with Crippen LogP contribution in [0.5, 0.6) is 0 Å². The van der Waals surface area contributed by atoms with E-state index in [4.69, 9.17) is 9.90 Å². The van der Waals surface area contributed by atoms with Gasteiger partial charge in [0.15, 0.2) is 0 Å². The van der Waals surface area contributed by atoms with Gasteiger partial charge in [-0.25, -0.2) is 4.79 Å². The van der Waals surface area contributed by atoms with Gasteiger partial charge in [0.1, 0.15) is 6.79 Å². The molecule has 0 heterocycles. The molecule has 3 nitrogen and oxygen atoms in total. The largest absolute Gasteiger partial charge is 0.478 e. The Bertz CT molecular complexity index is 286. The third-order valence-electron chi connectivity index (χ3n) is 1.34. The number of carboxylic acids is 1. The fourth-order valence-electron chi connectivity index (χ4n) is 0.821. The molecular weight excluding hydrogens is 188 g/mol. The van der Waals surface area contributed by atoms with Crippen molar-refractivity contribution < 1.29 is 14.7 Å². The molecular formula is C9H10O3S. The van der Waals surface area contributed by atoms with Gasteiger partial charge in [0, 0.05) is 4.90 Å². The van der Waals surface area contributed by atoms with Crippen molar-refractivity contribution in [2.24, 2.45) is 0 Å². The Morgan fingerprint density at radius 1 is 1.38 bits per heavy atom. The number of carboxylic acid groups (broad SMARTS) is 1. The predicted molar refractivity (Wildman–Crippen MR) is 52.3 cm³/mol. The van der Waals surface area contributed by atoms with Crippen LogP contribution in [-0.2, 0) is 4.79 Å². The molecule has 0 atom stereocenters. The van der Waals surface area contributed by atoms with Crippen LogP contribution >= 0.6 is 11.8 Å². The maximum atomic E-state index is 10.6. The minimum absolute atomic E-state index is 0.375. The summed E-state index contributed by atoms with van der Waals surface area (Å²) in [6.07, 6.45) is 1.86. The van der Waals surface area contributed by atoms with E-state index in [0.717, 1.165) is 4.90 Å². The lowest BCUT2D eigenvalue weighted by atomic mass is 10.2. The van der Waals surface area contributed by atoms with Crippen LogP contribution in [0, 0.1) is 0 Å². The summed E-state index contributed by atoms with van der Waals surface area (Å²) in [6, 6.07) is 6.96. The quantitative estimate of drug-likeness (QED) is 0.737. The molecule has 0 radical (unpaired) electrons. The Morgan fingerprint density at radius 3 is 2.31 bits per heavy atom. The minimum Gasteiger partial charge on any atom is -0.478 e. The van der Waals surface area contributed by atoms with E-state index in [1.54, 1.807) is 18.2 Å². The lowest BCUT2D eigenvalue weighted by molar-refractivity contribution is -0.0980. The van der Waals surface area contributed by atoms with Crippen molar-refractivity contribution in [3.05, 3.63) is 29.8 Å². The highest BCUT2D eigenvalue weighted by Gasteiger charge is 2.06. The molecule has 0 fully saturated rings. The molecule has 1 aromatic carbocycles. The normalized spacial score (nSPS) is 8.38. The number of carbonyl (C=O) groups is 2. The van der Waals surface area contributed by atoms with Gasteiger partial charge in [-0.1, -0.05) is 12.1 Å². The number of carbonyl (C=O) groups excluding carboxylic acids is 1. The molecule has 0 saturated carbocycles. The highest BCUT2D eigenvalue weighted by atomic mass is 32.2. The van der Waals surface area contributed by atoms with Crippen molar-refractivity contribution >= 4 is 24.5 Å². The lowest BCUT2D eigenvalue weighted by Gasteiger charge is -1.99. The second-order valence-corrected chi connectivity index (χ2v) is 2.85. The Labute approximate surface area is 80.8 Å². The molecule has 0 aliphatic carbocycles. The lowest BCUT2D eigenvalue weighted by Crippen LogP contribution is -1.97. The number of thioether (sulfide) groups is 1. The van der Waals surface area contributed by atoms with E-state index in [-0.39, 0.29) is 0 Å². The van der Waals surface area contributed by atoms with Crippen LogP contribution in [0.3, 0.4) is 0 Å². The van der Waals surface area contributed by atoms with Crippen molar-refractivity contribution in [3.8, 4) is 0 Å². The van der Waals surface area contributed by atoms with E-state index in [2.05, 4.69) is 0 Å². The van der Waals surface area contributed by atoms with Gasteiger partial charge in [-0.2, -0.15) is 0 Å². The maximum Gasteiger partial charge on any atom is 0.336 e. The second-order valence-electron chi connectivity index (χ2n) is 2.01. The molecule has 1 N–H and O–H groups in total. The first-order valence-electron chi connectivity index (χ1n) is 3.41. The third kappa shape index (κ3) is 3.29. The molecule has 0 unspecified atom stereocenters. The monoisotopic (exact) mass is 198 g/mol. The molecule has 0 aliphatic heterocycles. The van der Waals surface area contributed by atoms with Gasteiger partial charge in [-0.05, 0) is 18.4 Å². The molecule has 0 aromatic heterocycles. The average Bonchev–Trinajstić information content (AvgIpc) is 2.20. The summed E-state index contributed by atoms with van der Waals surface area (Å²) in [5.74, 6) is -0.866. The van der Waals surface area contributed by atoms with E-state index in [1.165, 1.54) is 11.8 Å². The van der Waals surface area contributed by atoms with Gasteiger partial charge in [-0.3, -0.25) is 0 Å². The van der Waals surface area contributed by atoms with Crippen LogP contribution in [0.4, 0.5) is 0 Å². The van der Waals surface area contributed by atoms with Crippen LogP contribution in [0.2, 0.25) is 0 Å². The van der Waals surface area contributed by atoms with Crippen LogP contribution in [-0.4, -0.2) is 24.1 Å². The fourth-order valence-corrected chi connectivity index (χ4v) is 1.41. The molecule has 0 bridgehead atoms. The van der Waals surface area contributed by atoms with Crippen molar-refractivity contribution in [3.63, 3.8) is 0 Å². The highest BCUT2D eigenvalue weighted by molar-refractivity contribution is 7.98. The zero-order valence-corrected chi connectivity index (χ0v) is 8.00. The summed E-state index contributed by atoms with van der Waals surface area (Å²) in [4.78, 5) is 19.4. The average molecular weight is 198 g/mol. The first kappa shape index (κ1) is 11.7. The molecule has 70 valence electrons. The molecule has 0 spiro atoms. The molecule has 0 amide bonds. The zero-order valence-electron chi connectivity index (χ0n) is 7.19. The molecule has 13 heavy (non-hydrogen) atoms. The first-order valence-corrected chi connectivity index (χ1v) is 4.63. The Kier molecular flexibility index (Phi) is 5.63. The number of hydrogen-bond donors (Lipinski definition) is 1. The number of benzene rings is 1. The first-order chi connectivity index (χ1) is 6.25. The summed E-state index contributed by atoms with van der Waals surface area (Å²) in [5, 5.41) is 8.68. The van der Waals surface area contributed by atoms with Crippen molar-refractivity contribution in [2.75, 3.05) is 6.26 Å². The third-order valence-corrected chi connectivity index (χ3v) is 2.13. The van der Waals surface area contributed by atoms with Crippen molar-refractivity contribution in [1.82, 2.24) is 0 Å². The van der Waals surface area contributed by atoms with Gasteiger partial charge >= 0.3 is 5.97 Å². The molecule has 1 aromatic rings. The van der Waals surface area contributed by atoms with Crippen LogP contribution in [0.25, 0.3) is 0 Å². The minimum atomic E-state index is -0.866. The molecule has 0 saturated heterocycles. The summed E-state index contributed by atoms with van der Waals surface area (Å²) >= 11 is 1.44. The van der Waals surface area contributed by atoms with Crippen molar-refractivity contribution in [2.45, 2.75) is 4.90 Å². The number of aromatic carboxylic acids is 1. The Hall–Kier alpha value is -1.29. The summed E-state index contributed by atoms with van der Waals surface area (Å²) in [6.45, 7) is 2.00. The smallest absolute Gasteiger partial charge is 0.336 e. The highest BCUT2D eigenvalue weighted by Crippen LogP contribution is 2.19. The van der Waals surface area contributed by atoms with E-state index in [0.29, 0.717) is 5.56 Å². The molecule has 1 rings (SSSR count). The standard InChI is InChI=1S/C8H8O2S.CH2O/c1-11-7-5-3-2-4-6(7)8(9)10;1-2/h2-5H,1H3,(H,9,10);1H2. The van der Waals surface area contributed by atoms with Gasteiger partial charge in [0.05, 0.1) is 5.56 Å². The number of rotatable bonds is 2. The summed E-state index contributed by atoms with van der Waals surface area (Å²) in [5.41, 5.74) is 0.375. The summed E-state index contributed by atoms with van der Waals surface area (Å²) in [7, 11) is 0. The Balaban J connectivity index is 0.000000671. The van der Waals surface area contributed by atoms with Crippen LogP contribution in [0.1, 0.15) is 10.4 Å². The second kappa shape index (κ2) is 6.25. The predicted octanol–water partition coefficient (Wildman–Crippen LogP) is 1.92. The van der Waals surface area contributed by atoms with Gasteiger partial charge < -0.3 is 9.90 Å². The van der Waals surface area contributed by atoms with Crippen LogP contribution < -0.4 is 0 Å². The van der Waals surface area contributed by atoms with Gasteiger partial charge in [0.25, 0.3) is 0 Å². The fraction of sp³-hybridized carbons (Fsp3) is 0.111. The SMILES string of the molecule is C=O.CSc1ccccc1C(=O)O. The van der Waals surface area contributed by atoms with Gasteiger partial charge in [0.2, 0.25) is 0 Å². The topological polar surface area (TPSA) is 54.4 Å². The summed E-state index contributed by atoms with van der Waals surface area (Å²) < 4.78 is 0. The zero-order chi connectivity index (χ0) is 10.3. The van der Waals surface area contributed by atoms with Crippen molar-refractivity contribution in [1.29, 1.82) is 0 Å². The molecule has 0 aliphatic rings. The van der Waals surface area contributed by atoms with Gasteiger partial charge in [-0.15, -0.1) is 11.8 Å². The molecule has 4 heteroatoms. The van der Waals surface area contributed by atoms with E-state index in [1.807, 2.05) is 19.1 Å². The van der Waals surface area contributed by atoms with E-state index < -0.39 is 5.97 Å².